The molecule has 7 nitrogen and oxygen atoms in total. The Balaban J connectivity index is 1.64. The van der Waals surface area contributed by atoms with Crippen LogP contribution in [-0.2, 0) is 33.5 Å². The van der Waals surface area contributed by atoms with E-state index in [-0.39, 0.29) is 5.41 Å². The third-order valence-corrected chi connectivity index (χ3v) is 8.36. The SMILES string of the molecule is CN(Cc1ccccc1)S(=O)(=O)N(C)c1ccc2c(c1)nc(C(C)(C)C)n2CC1CCOCC1. The molecule has 34 heavy (non-hydrogen) atoms. The van der Waals surface area contributed by atoms with Crippen LogP contribution in [0.4, 0.5) is 5.69 Å². The number of ether oxygens (including phenoxy) is 1. The zero-order chi connectivity index (χ0) is 24.5. The second kappa shape index (κ2) is 9.68. The number of hydrogen-bond acceptors (Lipinski definition) is 4. The fraction of sp³-hybridized carbons (Fsp3) is 0.500. The second-order valence-electron chi connectivity index (χ2n) is 10.2. The number of aromatic nitrogens is 2. The summed E-state index contributed by atoms with van der Waals surface area (Å²) in [6.45, 7) is 9.35. The van der Waals surface area contributed by atoms with Crippen LogP contribution in [0.1, 0.15) is 45.0 Å². The molecular weight excluding hydrogens is 448 g/mol. The smallest absolute Gasteiger partial charge is 0.303 e. The van der Waals surface area contributed by atoms with Gasteiger partial charge in [0.15, 0.2) is 0 Å². The molecule has 8 heteroatoms. The molecule has 0 atom stereocenters. The number of nitrogens with zero attached hydrogens (tertiary/aromatic N) is 4. The predicted molar refractivity (Wildman–Crippen MR) is 137 cm³/mol. The first-order chi connectivity index (χ1) is 16.1. The fourth-order valence-corrected chi connectivity index (χ4v) is 5.63. The summed E-state index contributed by atoms with van der Waals surface area (Å²) >= 11 is 0. The zero-order valence-corrected chi connectivity index (χ0v) is 21.7. The molecule has 0 unspecified atom stereocenters. The maximum absolute atomic E-state index is 13.3. The van der Waals surface area contributed by atoms with E-state index in [2.05, 4.69) is 25.3 Å². The highest BCUT2D eigenvalue weighted by Crippen LogP contribution is 2.31. The van der Waals surface area contributed by atoms with E-state index in [1.165, 1.54) is 8.61 Å². The highest BCUT2D eigenvalue weighted by molar-refractivity contribution is 7.90. The van der Waals surface area contributed by atoms with Crippen LogP contribution in [-0.4, -0.2) is 49.6 Å². The quantitative estimate of drug-likeness (QED) is 0.493. The van der Waals surface area contributed by atoms with Crippen molar-refractivity contribution < 1.29 is 13.2 Å². The molecule has 184 valence electrons. The van der Waals surface area contributed by atoms with Crippen LogP contribution in [0.25, 0.3) is 11.0 Å². The van der Waals surface area contributed by atoms with Crippen molar-refractivity contribution in [3.63, 3.8) is 0 Å². The Bertz CT molecular complexity index is 1230. The molecule has 1 fully saturated rings. The summed E-state index contributed by atoms with van der Waals surface area (Å²) in [7, 11) is -0.487. The van der Waals surface area contributed by atoms with E-state index in [1.54, 1.807) is 14.1 Å². The van der Waals surface area contributed by atoms with Crippen molar-refractivity contribution in [1.82, 2.24) is 13.9 Å². The largest absolute Gasteiger partial charge is 0.381 e. The van der Waals surface area contributed by atoms with E-state index in [1.807, 2.05) is 48.5 Å². The van der Waals surface area contributed by atoms with Gasteiger partial charge < -0.3 is 9.30 Å². The van der Waals surface area contributed by atoms with Crippen molar-refractivity contribution in [3.8, 4) is 0 Å². The molecule has 0 radical (unpaired) electrons. The van der Waals surface area contributed by atoms with Gasteiger partial charge in [-0.3, -0.25) is 4.31 Å². The molecule has 3 aromatic rings. The molecule has 1 aliphatic heterocycles. The molecule has 0 aliphatic carbocycles. The van der Waals surface area contributed by atoms with Gasteiger partial charge in [0.25, 0.3) is 0 Å². The molecule has 0 bridgehead atoms. The zero-order valence-electron chi connectivity index (χ0n) is 20.9. The first-order valence-electron chi connectivity index (χ1n) is 11.9. The van der Waals surface area contributed by atoms with Gasteiger partial charge in [-0.1, -0.05) is 51.1 Å². The Kier molecular flexibility index (Phi) is 7.03. The van der Waals surface area contributed by atoms with E-state index in [9.17, 15) is 8.42 Å². The predicted octanol–water partition coefficient (Wildman–Crippen LogP) is 4.57. The lowest BCUT2D eigenvalue weighted by atomic mass is 9.94. The molecule has 1 aromatic heterocycles. The van der Waals surface area contributed by atoms with Gasteiger partial charge in [0.1, 0.15) is 5.82 Å². The van der Waals surface area contributed by atoms with E-state index in [4.69, 9.17) is 9.72 Å². The first kappa shape index (κ1) is 24.7. The Morgan fingerprint density at radius 1 is 1.06 bits per heavy atom. The molecule has 1 saturated heterocycles. The molecule has 1 aliphatic rings. The van der Waals surface area contributed by atoms with Crippen LogP contribution in [0.15, 0.2) is 48.5 Å². The molecule has 0 amide bonds. The summed E-state index contributed by atoms with van der Waals surface area (Å²) in [5, 5.41) is 0. The summed E-state index contributed by atoms with van der Waals surface area (Å²) in [6, 6.07) is 15.4. The van der Waals surface area contributed by atoms with Crippen LogP contribution in [0, 0.1) is 5.92 Å². The minimum atomic E-state index is -3.70. The number of hydrogen-bond donors (Lipinski definition) is 0. The van der Waals surface area contributed by atoms with Crippen molar-refractivity contribution in [1.29, 1.82) is 0 Å². The van der Waals surface area contributed by atoms with Crippen LogP contribution in [0.5, 0.6) is 0 Å². The third kappa shape index (κ3) is 5.14. The van der Waals surface area contributed by atoms with Gasteiger partial charge in [-0.05, 0) is 42.5 Å². The van der Waals surface area contributed by atoms with Gasteiger partial charge in [-0.2, -0.15) is 12.7 Å². The minimum absolute atomic E-state index is 0.127. The number of benzene rings is 2. The van der Waals surface area contributed by atoms with Crippen molar-refractivity contribution in [2.45, 2.75) is 52.1 Å². The van der Waals surface area contributed by atoms with Crippen molar-refractivity contribution in [2.75, 3.05) is 31.6 Å². The standard InChI is InChI=1S/C26H36N4O3S/c1-26(2,3)25-27-23-17-22(11-12-24(23)30(25)19-21-13-15-33-16-14-21)29(5)34(31,32)28(4)18-20-9-7-6-8-10-20/h6-12,17,21H,13-16,18-19H2,1-5H3. The number of anilines is 1. The van der Waals surface area contributed by atoms with Crippen LogP contribution < -0.4 is 4.31 Å². The molecule has 0 saturated carbocycles. The third-order valence-electron chi connectivity index (χ3n) is 6.54. The van der Waals surface area contributed by atoms with E-state index >= 15 is 0 Å². The van der Waals surface area contributed by atoms with Crippen molar-refractivity contribution in [3.05, 3.63) is 59.9 Å². The maximum Gasteiger partial charge on any atom is 0.303 e. The molecule has 2 aromatic carbocycles. The van der Waals surface area contributed by atoms with E-state index < -0.39 is 10.2 Å². The molecular formula is C26H36N4O3S. The summed E-state index contributed by atoms with van der Waals surface area (Å²) < 4.78 is 37.1. The molecule has 0 spiro atoms. The Hall–Kier alpha value is -2.42. The van der Waals surface area contributed by atoms with Gasteiger partial charge in [-0.25, -0.2) is 4.98 Å². The summed E-state index contributed by atoms with van der Waals surface area (Å²) in [5.41, 5.74) is 3.28. The van der Waals surface area contributed by atoms with Gasteiger partial charge >= 0.3 is 10.2 Å². The van der Waals surface area contributed by atoms with Crippen LogP contribution in [0.3, 0.4) is 0 Å². The highest BCUT2D eigenvalue weighted by Gasteiger charge is 2.28. The van der Waals surface area contributed by atoms with Crippen LogP contribution in [0.2, 0.25) is 0 Å². The highest BCUT2D eigenvalue weighted by atomic mass is 32.2. The molecule has 0 N–H and O–H groups in total. The van der Waals surface area contributed by atoms with Gasteiger partial charge in [0.2, 0.25) is 0 Å². The summed E-state index contributed by atoms with van der Waals surface area (Å²) in [5.74, 6) is 1.58. The number of imidazole rings is 1. The first-order valence-corrected chi connectivity index (χ1v) is 13.3. The molecule has 4 rings (SSSR count). The van der Waals surface area contributed by atoms with Gasteiger partial charge in [0.05, 0.1) is 16.7 Å². The van der Waals surface area contributed by atoms with Crippen LogP contribution >= 0.6 is 0 Å². The summed E-state index contributed by atoms with van der Waals surface area (Å²) in [4.78, 5) is 4.98. The average Bonchev–Trinajstić information content (AvgIpc) is 3.18. The monoisotopic (exact) mass is 484 g/mol. The second-order valence-corrected chi connectivity index (χ2v) is 12.3. The maximum atomic E-state index is 13.3. The van der Waals surface area contributed by atoms with Gasteiger partial charge in [0, 0.05) is 45.8 Å². The fourth-order valence-electron chi connectivity index (χ4n) is 4.52. The lowest BCUT2D eigenvalue weighted by Gasteiger charge is -2.27. The average molecular weight is 485 g/mol. The number of rotatable bonds is 7. The van der Waals surface area contributed by atoms with Crippen molar-refractivity contribution >= 4 is 26.9 Å². The number of fused-ring (bicyclic) bond motifs is 1. The normalized spacial score (nSPS) is 15.8. The lowest BCUT2D eigenvalue weighted by Crippen LogP contribution is -2.39. The van der Waals surface area contributed by atoms with E-state index in [0.29, 0.717) is 18.2 Å². The van der Waals surface area contributed by atoms with Crippen molar-refractivity contribution in [2.24, 2.45) is 5.92 Å². The Morgan fingerprint density at radius 2 is 1.74 bits per heavy atom. The minimum Gasteiger partial charge on any atom is -0.381 e. The molecule has 2 heterocycles. The van der Waals surface area contributed by atoms with Gasteiger partial charge in [-0.15, -0.1) is 0 Å². The topological polar surface area (TPSA) is 67.7 Å². The van der Waals surface area contributed by atoms with E-state index in [0.717, 1.165) is 55.0 Å². The Labute approximate surface area is 203 Å². The summed E-state index contributed by atoms with van der Waals surface area (Å²) in [6.07, 6.45) is 2.10. The lowest BCUT2D eigenvalue weighted by molar-refractivity contribution is 0.0611. The Morgan fingerprint density at radius 3 is 2.38 bits per heavy atom.